The van der Waals surface area contributed by atoms with Crippen molar-refractivity contribution in [1.82, 2.24) is 4.98 Å². The van der Waals surface area contributed by atoms with Crippen LogP contribution < -0.4 is 10.2 Å². The monoisotopic (exact) mass is 367 g/mol. The number of amides is 1. The van der Waals surface area contributed by atoms with Crippen molar-refractivity contribution in [2.24, 2.45) is 0 Å². The van der Waals surface area contributed by atoms with Gasteiger partial charge in [-0.15, -0.1) is 0 Å². The van der Waals surface area contributed by atoms with Crippen LogP contribution in [-0.2, 0) is 0 Å². The van der Waals surface area contributed by atoms with E-state index in [0.29, 0.717) is 0 Å². The van der Waals surface area contributed by atoms with Crippen LogP contribution in [0.25, 0.3) is 0 Å². The minimum absolute atomic E-state index is 0.0710. The minimum Gasteiger partial charge on any atom is -0.341 e. The van der Waals surface area contributed by atoms with Crippen LogP contribution in [0.2, 0.25) is 0 Å². The van der Waals surface area contributed by atoms with E-state index in [1.807, 2.05) is 32.0 Å². The van der Waals surface area contributed by atoms with Crippen molar-refractivity contribution < 1.29 is 13.6 Å². The van der Waals surface area contributed by atoms with E-state index in [0.717, 1.165) is 35.6 Å². The van der Waals surface area contributed by atoms with Crippen molar-refractivity contribution >= 4 is 23.0 Å². The van der Waals surface area contributed by atoms with E-state index >= 15 is 0 Å². The van der Waals surface area contributed by atoms with Gasteiger partial charge in [0.1, 0.15) is 23.0 Å². The third-order valence-corrected chi connectivity index (χ3v) is 4.12. The van der Waals surface area contributed by atoms with Crippen LogP contribution in [0.3, 0.4) is 0 Å². The molecule has 0 saturated carbocycles. The van der Waals surface area contributed by atoms with Gasteiger partial charge in [-0.1, -0.05) is 18.2 Å². The number of anilines is 3. The molecule has 1 N–H and O–H groups in total. The lowest BCUT2D eigenvalue weighted by atomic mass is 10.2. The number of para-hydroxylation sites is 1. The van der Waals surface area contributed by atoms with Gasteiger partial charge in [-0.3, -0.25) is 4.79 Å². The molecule has 138 valence electrons. The summed E-state index contributed by atoms with van der Waals surface area (Å²) in [4.78, 5) is 18.5. The number of hydrogen-bond donors (Lipinski definition) is 1. The summed E-state index contributed by atoms with van der Waals surface area (Å²) < 4.78 is 27.4. The molecular weight excluding hydrogens is 348 g/mol. The van der Waals surface area contributed by atoms with Crippen LogP contribution in [0.15, 0.2) is 60.8 Å². The Balaban J connectivity index is 1.81. The molecule has 0 unspecified atom stereocenters. The maximum absolute atomic E-state index is 13.7. The highest BCUT2D eigenvalue weighted by Gasteiger charge is 2.15. The van der Waals surface area contributed by atoms with Gasteiger partial charge in [-0.05, 0) is 55.8 Å². The second-order valence-corrected chi connectivity index (χ2v) is 6.04. The summed E-state index contributed by atoms with van der Waals surface area (Å²) in [5.41, 5.74) is 2.56. The maximum atomic E-state index is 13.7. The first kappa shape index (κ1) is 18.5. The predicted molar refractivity (Wildman–Crippen MR) is 102 cm³/mol. The number of rotatable bonds is 5. The zero-order valence-electron chi connectivity index (χ0n) is 15.0. The van der Waals surface area contributed by atoms with Gasteiger partial charge >= 0.3 is 0 Å². The van der Waals surface area contributed by atoms with Crippen LogP contribution in [0, 0.1) is 18.6 Å². The molecular formula is C21H19F2N3O. The summed E-state index contributed by atoms with van der Waals surface area (Å²) >= 11 is 0. The summed E-state index contributed by atoms with van der Waals surface area (Å²) in [6.45, 7) is 4.76. The van der Waals surface area contributed by atoms with Crippen LogP contribution in [0.1, 0.15) is 23.0 Å². The average molecular weight is 367 g/mol. The smallest absolute Gasteiger partial charge is 0.274 e. The molecule has 1 amide bonds. The third kappa shape index (κ3) is 4.11. The van der Waals surface area contributed by atoms with E-state index in [4.69, 9.17) is 0 Å². The molecule has 3 rings (SSSR count). The Labute approximate surface area is 156 Å². The number of aromatic nitrogens is 1. The van der Waals surface area contributed by atoms with Gasteiger partial charge in [0.15, 0.2) is 0 Å². The standard InChI is InChI=1S/C21H19F2N3O/c1-3-26(15-7-4-6-14(2)12-15)16-10-11-19(24-13-16)21(27)25-20-17(22)8-5-9-18(20)23/h4-13H,3H2,1-2H3,(H,25,27). The maximum Gasteiger partial charge on any atom is 0.274 e. The fourth-order valence-corrected chi connectivity index (χ4v) is 2.78. The molecule has 0 radical (unpaired) electrons. The molecule has 6 heteroatoms. The van der Waals surface area contributed by atoms with E-state index in [1.54, 1.807) is 12.3 Å². The number of nitrogens with zero attached hydrogens (tertiary/aromatic N) is 2. The highest BCUT2D eigenvalue weighted by molar-refractivity contribution is 6.03. The minimum atomic E-state index is -0.837. The zero-order chi connectivity index (χ0) is 19.4. The lowest BCUT2D eigenvalue weighted by Crippen LogP contribution is -2.18. The molecule has 0 bridgehead atoms. The fourth-order valence-electron chi connectivity index (χ4n) is 2.78. The van der Waals surface area contributed by atoms with Crippen molar-refractivity contribution in [2.75, 3.05) is 16.8 Å². The van der Waals surface area contributed by atoms with E-state index in [-0.39, 0.29) is 5.69 Å². The number of benzene rings is 2. The molecule has 0 aliphatic carbocycles. The van der Waals surface area contributed by atoms with Crippen molar-refractivity contribution in [3.63, 3.8) is 0 Å². The molecule has 0 atom stereocenters. The van der Waals surface area contributed by atoms with Crippen LogP contribution in [-0.4, -0.2) is 17.4 Å². The molecule has 27 heavy (non-hydrogen) atoms. The molecule has 0 spiro atoms. The second kappa shape index (κ2) is 7.95. The van der Waals surface area contributed by atoms with Gasteiger partial charge in [0.25, 0.3) is 5.91 Å². The first-order chi connectivity index (χ1) is 13.0. The summed E-state index contributed by atoms with van der Waals surface area (Å²) in [6, 6.07) is 14.7. The molecule has 1 aromatic heterocycles. The SMILES string of the molecule is CCN(c1ccc(C(=O)Nc2c(F)cccc2F)nc1)c1cccc(C)c1. The van der Waals surface area contributed by atoms with E-state index in [1.165, 1.54) is 12.1 Å². The fraction of sp³-hybridized carbons (Fsp3) is 0.143. The van der Waals surface area contributed by atoms with Crippen molar-refractivity contribution in [2.45, 2.75) is 13.8 Å². The molecule has 1 heterocycles. The van der Waals surface area contributed by atoms with Gasteiger partial charge < -0.3 is 10.2 Å². The predicted octanol–water partition coefficient (Wildman–Crippen LogP) is 5.08. The summed E-state index contributed by atoms with van der Waals surface area (Å²) in [5.74, 6) is -2.35. The summed E-state index contributed by atoms with van der Waals surface area (Å²) in [6.07, 6.45) is 1.57. The van der Waals surface area contributed by atoms with Gasteiger partial charge in [0, 0.05) is 12.2 Å². The van der Waals surface area contributed by atoms with Crippen LogP contribution in [0.4, 0.5) is 25.8 Å². The van der Waals surface area contributed by atoms with Gasteiger partial charge in [-0.25, -0.2) is 13.8 Å². The molecule has 0 aliphatic rings. The number of hydrogen-bond acceptors (Lipinski definition) is 3. The van der Waals surface area contributed by atoms with E-state index in [9.17, 15) is 13.6 Å². The van der Waals surface area contributed by atoms with E-state index in [2.05, 4.69) is 21.3 Å². The topological polar surface area (TPSA) is 45.2 Å². The highest BCUT2D eigenvalue weighted by atomic mass is 19.1. The molecule has 0 fully saturated rings. The van der Waals surface area contributed by atoms with Crippen molar-refractivity contribution in [3.05, 3.63) is 83.7 Å². The Morgan fingerprint density at radius 1 is 1.04 bits per heavy atom. The largest absolute Gasteiger partial charge is 0.341 e. The number of halogens is 2. The summed E-state index contributed by atoms with van der Waals surface area (Å²) in [5, 5.41) is 2.23. The Hall–Kier alpha value is -3.28. The third-order valence-electron chi connectivity index (χ3n) is 4.12. The van der Waals surface area contributed by atoms with Gasteiger partial charge in [-0.2, -0.15) is 0 Å². The van der Waals surface area contributed by atoms with Crippen molar-refractivity contribution in [1.29, 1.82) is 0 Å². The Morgan fingerprint density at radius 2 is 1.74 bits per heavy atom. The Morgan fingerprint density at radius 3 is 2.33 bits per heavy atom. The number of pyridine rings is 1. The van der Waals surface area contributed by atoms with Gasteiger partial charge in [0.2, 0.25) is 0 Å². The van der Waals surface area contributed by atoms with E-state index < -0.39 is 23.2 Å². The molecule has 0 aliphatic heterocycles. The first-order valence-corrected chi connectivity index (χ1v) is 8.55. The molecule has 2 aromatic carbocycles. The normalized spacial score (nSPS) is 10.5. The summed E-state index contributed by atoms with van der Waals surface area (Å²) in [7, 11) is 0. The average Bonchev–Trinajstić information content (AvgIpc) is 2.66. The first-order valence-electron chi connectivity index (χ1n) is 8.55. The number of aryl methyl sites for hydroxylation is 1. The number of nitrogens with one attached hydrogen (secondary N) is 1. The quantitative estimate of drug-likeness (QED) is 0.684. The Kier molecular flexibility index (Phi) is 5.45. The van der Waals surface area contributed by atoms with Gasteiger partial charge in [0.05, 0.1) is 11.9 Å². The van der Waals surface area contributed by atoms with Crippen molar-refractivity contribution in [3.8, 4) is 0 Å². The molecule has 0 saturated heterocycles. The number of carbonyl (C=O) groups is 1. The second-order valence-electron chi connectivity index (χ2n) is 6.04. The van der Waals surface area contributed by atoms with Crippen LogP contribution >= 0.6 is 0 Å². The highest BCUT2D eigenvalue weighted by Crippen LogP contribution is 2.25. The Bertz CT molecular complexity index is 938. The lowest BCUT2D eigenvalue weighted by molar-refractivity contribution is 0.102. The molecule has 3 aromatic rings. The lowest BCUT2D eigenvalue weighted by Gasteiger charge is -2.23. The van der Waals surface area contributed by atoms with Crippen LogP contribution in [0.5, 0.6) is 0 Å². The zero-order valence-corrected chi connectivity index (χ0v) is 15.0. The molecule has 4 nitrogen and oxygen atoms in total. The number of carbonyl (C=O) groups excluding carboxylic acids is 1.